The molecule has 1 heterocycles. The van der Waals surface area contributed by atoms with Crippen LogP contribution in [0.15, 0.2) is 42.5 Å². The first kappa shape index (κ1) is 17.3. The molecular weight excluding hydrogens is 342 g/mol. The van der Waals surface area contributed by atoms with E-state index in [0.29, 0.717) is 30.3 Å². The maximum atomic E-state index is 11.9. The summed E-state index contributed by atoms with van der Waals surface area (Å²) in [6, 6.07) is 11.9. The molecular formula is C19H18ClNO4. The van der Waals surface area contributed by atoms with Crippen LogP contribution in [-0.2, 0) is 10.2 Å². The van der Waals surface area contributed by atoms with E-state index in [1.807, 2.05) is 25.1 Å². The number of nitrogens with one attached hydrogen (secondary N) is 1. The molecule has 6 heteroatoms. The highest BCUT2D eigenvalue weighted by atomic mass is 35.5. The summed E-state index contributed by atoms with van der Waals surface area (Å²) in [5.74, 6) is -0.431. The first-order valence-electron chi connectivity index (χ1n) is 7.89. The number of hydrogen-bond donors (Lipinski definition) is 2. The molecule has 0 aromatic heterocycles. The van der Waals surface area contributed by atoms with Gasteiger partial charge < -0.3 is 15.2 Å². The number of amides is 1. The van der Waals surface area contributed by atoms with Gasteiger partial charge in [0.1, 0.15) is 12.4 Å². The van der Waals surface area contributed by atoms with Gasteiger partial charge in [-0.2, -0.15) is 0 Å². The van der Waals surface area contributed by atoms with Crippen LogP contribution >= 0.6 is 11.6 Å². The summed E-state index contributed by atoms with van der Waals surface area (Å²) in [6.45, 7) is 2.76. The molecule has 0 bridgehead atoms. The number of hydrogen-bond acceptors (Lipinski definition) is 3. The van der Waals surface area contributed by atoms with E-state index in [1.165, 1.54) is 12.1 Å². The molecule has 1 unspecified atom stereocenters. The van der Waals surface area contributed by atoms with Crippen LogP contribution < -0.4 is 10.1 Å². The molecule has 0 saturated carbocycles. The van der Waals surface area contributed by atoms with Gasteiger partial charge in [0.2, 0.25) is 5.91 Å². The summed E-state index contributed by atoms with van der Waals surface area (Å²) < 4.78 is 5.90. The molecule has 1 amide bonds. The van der Waals surface area contributed by atoms with Gasteiger partial charge in [0.15, 0.2) is 0 Å². The van der Waals surface area contributed by atoms with Crippen molar-refractivity contribution >= 4 is 23.5 Å². The van der Waals surface area contributed by atoms with Gasteiger partial charge in [0.05, 0.1) is 11.0 Å². The summed E-state index contributed by atoms with van der Waals surface area (Å²) in [5, 5.41) is 12.5. The number of carbonyl (C=O) groups is 2. The van der Waals surface area contributed by atoms with Gasteiger partial charge in [-0.25, -0.2) is 4.79 Å². The third-order valence-electron chi connectivity index (χ3n) is 4.50. The lowest BCUT2D eigenvalue weighted by molar-refractivity contribution is -0.119. The smallest absolute Gasteiger partial charge is 0.335 e. The predicted molar refractivity (Wildman–Crippen MR) is 94.4 cm³/mol. The van der Waals surface area contributed by atoms with E-state index in [4.69, 9.17) is 21.4 Å². The first-order chi connectivity index (χ1) is 11.9. The second-order valence-corrected chi connectivity index (χ2v) is 6.75. The fraction of sp³-hybridized carbons (Fsp3) is 0.263. The average Bonchev–Trinajstić information content (AvgIpc) is 2.95. The standard InChI is InChI=1S/C19H18ClNO4/c1-12-8-14(20)4-7-16(12)19(9-17(22)21-10-19)11-25-15-5-2-13(3-6-15)18(23)24/h2-8H,9-11H2,1H3,(H,21,22)(H,23,24). The van der Waals surface area contributed by atoms with Gasteiger partial charge in [-0.3, -0.25) is 4.79 Å². The molecule has 3 rings (SSSR count). The van der Waals surface area contributed by atoms with Crippen LogP contribution in [0.25, 0.3) is 0 Å². The minimum Gasteiger partial charge on any atom is -0.493 e. The van der Waals surface area contributed by atoms with Crippen LogP contribution in [0.5, 0.6) is 5.75 Å². The van der Waals surface area contributed by atoms with Crippen molar-refractivity contribution < 1.29 is 19.4 Å². The zero-order valence-corrected chi connectivity index (χ0v) is 14.5. The average molecular weight is 360 g/mol. The van der Waals surface area contributed by atoms with Crippen molar-refractivity contribution in [3.8, 4) is 5.75 Å². The highest BCUT2D eigenvalue weighted by Gasteiger charge is 2.42. The number of halogens is 1. The molecule has 2 aromatic rings. The minimum atomic E-state index is -0.981. The molecule has 0 aliphatic carbocycles. The number of carboxylic acid groups (broad SMARTS) is 1. The molecule has 0 radical (unpaired) electrons. The monoisotopic (exact) mass is 359 g/mol. The summed E-state index contributed by atoms with van der Waals surface area (Å²) in [4.78, 5) is 22.8. The Kier molecular flexibility index (Phi) is 4.68. The highest BCUT2D eigenvalue weighted by molar-refractivity contribution is 6.30. The van der Waals surface area contributed by atoms with Crippen molar-refractivity contribution in [2.45, 2.75) is 18.8 Å². The SMILES string of the molecule is Cc1cc(Cl)ccc1C1(COc2ccc(C(=O)O)cc2)CNC(=O)C1. The molecule has 1 aliphatic heterocycles. The van der Waals surface area contributed by atoms with Gasteiger partial charge in [-0.05, 0) is 54.4 Å². The minimum absolute atomic E-state index is 0.0147. The van der Waals surface area contributed by atoms with Crippen molar-refractivity contribution in [1.82, 2.24) is 5.32 Å². The Morgan fingerprint density at radius 2 is 2.00 bits per heavy atom. The Bertz CT molecular complexity index is 819. The normalized spacial score (nSPS) is 19.5. The van der Waals surface area contributed by atoms with E-state index < -0.39 is 11.4 Å². The summed E-state index contributed by atoms with van der Waals surface area (Å²) in [7, 11) is 0. The van der Waals surface area contributed by atoms with Crippen LogP contribution in [0.2, 0.25) is 5.02 Å². The lowest BCUT2D eigenvalue weighted by Crippen LogP contribution is -2.36. The third kappa shape index (κ3) is 3.61. The molecule has 25 heavy (non-hydrogen) atoms. The van der Waals surface area contributed by atoms with Crippen molar-refractivity contribution in [3.05, 3.63) is 64.2 Å². The zero-order chi connectivity index (χ0) is 18.0. The Balaban J connectivity index is 1.84. The molecule has 1 atom stereocenters. The van der Waals surface area contributed by atoms with Crippen molar-refractivity contribution in [2.24, 2.45) is 0 Å². The van der Waals surface area contributed by atoms with Crippen molar-refractivity contribution in [1.29, 1.82) is 0 Å². The highest BCUT2D eigenvalue weighted by Crippen LogP contribution is 2.35. The van der Waals surface area contributed by atoms with Crippen LogP contribution in [0.4, 0.5) is 0 Å². The lowest BCUT2D eigenvalue weighted by Gasteiger charge is -2.29. The number of aryl methyl sites for hydroxylation is 1. The maximum absolute atomic E-state index is 11.9. The van der Waals surface area contributed by atoms with Crippen molar-refractivity contribution in [2.75, 3.05) is 13.2 Å². The van der Waals surface area contributed by atoms with Crippen LogP contribution in [0, 0.1) is 6.92 Å². The number of ether oxygens (including phenoxy) is 1. The fourth-order valence-corrected chi connectivity index (χ4v) is 3.43. The molecule has 2 N–H and O–H groups in total. The topological polar surface area (TPSA) is 75.6 Å². The Hall–Kier alpha value is -2.53. The van der Waals surface area contributed by atoms with E-state index in [0.717, 1.165) is 11.1 Å². The van der Waals surface area contributed by atoms with Gasteiger partial charge in [0, 0.05) is 18.0 Å². The van der Waals surface area contributed by atoms with E-state index >= 15 is 0 Å². The van der Waals surface area contributed by atoms with Crippen LogP contribution in [-0.4, -0.2) is 30.1 Å². The summed E-state index contributed by atoms with van der Waals surface area (Å²) in [5.41, 5.74) is 1.76. The molecule has 1 fully saturated rings. The molecule has 130 valence electrons. The van der Waals surface area contributed by atoms with E-state index in [-0.39, 0.29) is 11.5 Å². The first-order valence-corrected chi connectivity index (χ1v) is 8.27. The van der Waals surface area contributed by atoms with Crippen LogP contribution in [0.3, 0.4) is 0 Å². The fourth-order valence-electron chi connectivity index (χ4n) is 3.21. The van der Waals surface area contributed by atoms with Gasteiger partial charge in [0.25, 0.3) is 0 Å². The van der Waals surface area contributed by atoms with E-state index in [1.54, 1.807) is 12.1 Å². The zero-order valence-electron chi connectivity index (χ0n) is 13.7. The maximum Gasteiger partial charge on any atom is 0.335 e. The summed E-state index contributed by atoms with van der Waals surface area (Å²) in [6.07, 6.45) is 0.336. The molecule has 5 nitrogen and oxygen atoms in total. The Labute approximate surface area is 150 Å². The number of carbonyl (C=O) groups excluding carboxylic acids is 1. The number of aromatic carboxylic acids is 1. The van der Waals surface area contributed by atoms with Crippen molar-refractivity contribution in [3.63, 3.8) is 0 Å². The predicted octanol–water partition coefficient (Wildman–Crippen LogP) is 3.18. The number of carboxylic acids is 1. The quantitative estimate of drug-likeness (QED) is 0.859. The van der Waals surface area contributed by atoms with Crippen LogP contribution in [0.1, 0.15) is 27.9 Å². The second kappa shape index (κ2) is 6.76. The number of benzene rings is 2. The molecule has 1 saturated heterocycles. The second-order valence-electron chi connectivity index (χ2n) is 6.31. The largest absolute Gasteiger partial charge is 0.493 e. The third-order valence-corrected chi connectivity index (χ3v) is 4.73. The molecule has 0 spiro atoms. The molecule has 1 aliphatic rings. The van der Waals surface area contributed by atoms with Gasteiger partial charge >= 0.3 is 5.97 Å². The summed E-state index contributed by atoms with van der Waals surface area (Å²) >= 11 is 6.05. The number of rotatable bonds is 5. The molecule has 2 aromatic carbocycles. The van der Waals surface area contributed by atoms with Gasteiger partial charge in [-0.15, -0.1) is 0 Å². The Morgan fingerprint density at radius 3 is 2.56 bits per heavy atom. The Morgan fingerprint density at radius 1 is 1.28 bits per heavy atom. The lowest BCUT2D eigenvalue weighted by atomic mass is 9.78. The van der Waals surface area contributed by atoms with Gasteiger partial charge in [-0.1, -0.05) is 17.7 Å². The van der Waals surface area contributed by atoms with E-state index in [9.17, 15) is 9.59 Å². The van der Waals surface area contributed by atoms with E-state index in [2.05, 4.69) is 5.32 Å².